The van der Waals surface area contributed by atoms with Gasteiger partial charge in [0, 0.05) is 6.54 Å². The van der Waals surface area contributed by atoms with Gasteiger partial charge in [-0.15, -0.1) is 0 Å². The number of halogens is 2. The highest BCUT2D eigenvalue weighted by Crippen LogP contribution is 2.22. The fourth-order valence-corrected chi connectivity index (χ4v) is 1.50. The van der Waals surface area contributed by atoms with Crippen LogP contribution in [0, 0.1) is 0 Å². The molecular weight excluding hydrogens is 307 g/mol. The lowest BCUT2D eigenvalue weighted by atomic mass is 10.2. The number of hydrogen-bond donors (Lipinski definition) is 2. The Kier molecular flexibility index (Phi) is 6.27. The minimum Gasteiger partial charge on any atom is -0.452 e. The molecule has 20 heavy (non-hydrogen) atoms. The lowest BCUT2D eigenvalue weighted by Gasteiger charge is -2.06. The van der Waals surface area contributed by atoms with Crippen molar-refractivity contribution in [2.45, 2.75) is 6.92 Å². The van der Waals surface area contributed by atoms with Crippen LogP contribution in [0.4, 0.5) is 4.79 Å². The van der Waals surface area contributed by atoms with Crippen LogP contribution in [-0.2, 0) is 9.53 Å². The third-order valence-corrected chi connectivity index (χ3v) is 2.82. The second-order valence-electron chi connectivity index (χ2n) is 3.61. The molecule has 0 aliphatic heterocycles. The number of esters is 1. The van der Waals surface area contributed by atoms with E-state index in [1.54, 1.807) is 6.92 Å². The van der Waals surface area contributed by atoms with Crippen LogP contribution in [0.5, 0.6) is 0 Å². The van der Waals surface area contributed by atoms with E-state index in [2.05, 4.69) is 5.32 Å². The van der Waals surface area contributed by atoms with E-state index in [1.807, 2.05) is 5.32 Å². The van der Waals surface area contributed by atoms with Crippen molar-refractivity contribution < 1.29 is 19.1 Å². The first-order valence-electron chi connectivity index (χ1n) is 5.64. The molecule has 6 nitrogen and oxygen atoms in total. The number of ether oxygens (including phenoxy) is 1. The van der Waals surface area contributed by atoms with Crippen molar-refractivity contribution >= 4 is 41.1 Å². The number of benzene rings is 1. The van der Waals surface area contributed by atoms with Crippen LogP contribution < -0.4 is 10.6 Å². The van der Waals surface area contributed by atoms with Gasteiger partial charge in [-0.1, -0.05) is 23.2 Å². The number of carbonyl (C=O) groups excluding carboxylic acids is 3. The van der Waals surface area contributed by atoms with Crippen LogP contribution in [0.3, 0.4) is 0 Å². The number of hydrogen-bond acceptors (Lipinski definition) is 4. The largest absolute Gasteiger partial charge is 0.452 e. The highest BCUT2D eigenvalue weighted by molar-refractivity contribution is 6.42. The molecule has 0 aliphatic rings. The molecule has 0 heterocycles. The van der Waals surface area contributed by atoms with Gasteiger partial charge in [0.05, 0.1) is 15.6 Å². The van der Waals surface area contributed by atoms with Crippen LogP contribution in [0.15, 0.2) is 18.2 Å². The molecule has 0 aromatic heterocycles. The van der Waals surface area contributed by atoms with Crippen LogP contribution in [0.25, 0.3) is 0 Å². The molecule has 0 spiro atoms. The molecular formula is C12H12Cl2N2O4. The van der Waals surface area contributed by atoms with Gasteiger partial charge in [0.1, 0.15) is 0 Å². The summed E-state index contributed by atoms with van der Waals surface area (Å²) in [5, 5.41) is 4.87. The van der Waals surface area contributed by atoms with Crippen LogP contribution in [-0.4, -0.2) is 31.1 Å². The normalized spacial score (nSPS) is 9.75. The Balaban J connectivity index is 2.48. The van der Waals surface area contributed by atoms with Crippen molar-refractivity contribution in [1.29, 1.82) is 0 Å². The summed E-state index contributed by atoms with van der Waals surface area (Å²) in [5.74, 6) is -1.47. The Labute approximate surface area is 125 Å². The van der Waals surface area contributed by atoms with E-state index in [0.29, 0.717) is 11.6 Å². The molecule has 0 aliphatic carbocycles. The number of carbonyl (C=O) groups is 3. The Morgan fingerprint density at radius 1 is 1.20 bits per heavy atom. The maximum absolute atomic E-state index is 11.6. The van der Waals surface area contributed by atoms with E-state index in [9.17, 15) is 14.4 Å². The van der Waals surface area contributed by atoms with Crippen LogP contribution in [0.2, 0.25) is 10.0 Å². The first-order chi connectivity index (χ1) is 9.43. The zero-order valence-corrected chi connectivity index (χ0v) is 12.0. The second kappa shape index (κ2) is 7.72. The number of rotatable bonds is 4. The van der Waals surface area contributed by atoms with Gasteiger partial charge in [-0.3, -0.25) is 10.1 Å². The number of nitrogens with one attached hydrogen (secondary N) is 2. The Bertz CT molecular complexity index is 534. The van der Waals surface area contributed by atoms with Crippen molar-refractivity contribution in [3.63, 3.8) is 0 Å². The van der Waals surface area contributed by atoms with E-state index in [4.69, 9.17) is 27.9 Å². The summed E-state index contributed by atoms with van der Waals surface area (Å²) in [7, 11) is 0. The zero-order chi connectivity index (χ0) is 15.1. The molecule has 2 N–H and O–H groups in total. The van der Waals surface area contributed by atoms with Gasteiger partial charge in [-0.2, -0.15) is 0 Å². The van der Waals surface area contributed by atoms with Crippen LogP contribution >= 0.6 is 23.2 Å². The molecule has 0 unspecified atom stereocenters. The molecule has 1 rings (SSSR count). The van der Waals surface area contributed by atoms with Gasteiger partial charge in [-0.05, 0) is 25.1 Å². The Morgan fingerprint density at radius 2 is 1.90 bits per heavy atom. The van der Waals surface area contributed by atoms with Crippen molar-refractivity contribution in [2.75, 3.05) is 13.2 Å². The quantitative estimate of drug-likeness (QED) is 0.831. The monoisotopic (exact) mass is 318 g/mol. The van der Waals surface area contributed by atoms with Gasteiger partial charge in [0.25, 0.3) is 5.91 Å². The standard InChI is InChI=1S/C12H12Cl2N2O4/c1-2-15-12(19)16-10(17)6-20-11(18)7-3-4-8(13)9(14)5-7/h3-5H,2,6H2,1H3,(H2,15,16,17,19). The summed E-state index contributed by atoms with van der Waals surface area (Å²) >= 11 is 11.5. The minimum atomic E-state index is -0.741. The fourth-order valence-electron chi connectivity index (χ4n) is 1.20. The van der Waals surface area contributed by atoms with Gasteiger partial charge < -0.3 is 10.1 Å². The van der Waals surface area contributed by atoms with E-state index < -0.39 is 24.5 Å². The summed E-state index contributed by atoms with van der Waals surface area (Å²) in [6.45, 7) is 1.51. The summed E-state index contributed by atoms with van der Waals surface area (Å²) in [6.07, 6.45) is 0. The van der Waals surface area contributed by atoms with Crippen LogP contribution in [0.1, 0.15) is 17.3 Å². The van der Waals surface area contributed by atoms with Crippen molar-refractivity contribution in [3.05, 3.63) is 33.8 Å². The van der Waals surface area contributed by atoms with Gasteiger partial charge in [-0.25, -0.2) is 9.59 Å². The Morgan fingerprint density at radius 3 is 2.50 bits per heavy atom. The minimum absolute atomic E-state index is 0.158. The molecule has 1 aromatic carbocycles. The molecule has 0 fully saturated rings. The van der Waals surface area contributed by atoms with E-state index >= 15 is 0 Å². The molecule has 108 valence electrons. The number of imide groups is 1. The van der Waals surface area contributed by atoms with Crippen molar-refractivity contribution in [1.82, 2.24) is 10.6 Å². The van der Waals surface area contributed by atoms with Crippen molar-refractivity contribution in [2.24, 2.45) is 0 Å². The molecule has 0 radical (unpaired) electrons. The third-order valence-electron chi connectivity index (χ3n) is 2.08. The second-order valence-corrected chi connectivity index (χ2v) is 4.43. The van der Waals surface area contributed by atoms with Gasteiger partial charge in [0.2, 0.25) is 0 Å². The molecule has 3 amide bonds. The Hall–Kier alpha value is -1.79. The highest BCUT2D eigenvalue weighted by atomic mass is 35.5. The summed E-state index contributed by atoms with van der Waals surface area (Å²) in [6, 6.07) is 3.53. The first kappa shape index (κ1) is 16.3. The SMILES string of the molecule is CCNC(=O)NC(=O)COC(=O)c1ccc(Cl)c(Cl)c1. The third kappa shape index (κ3) is 5.07. The lowest BCUT2D eigenvalue weighted by Crippen LogP contribution is -2.41. The van der Waals surface area contributed by atoms with E-state index in [1.165, 1.54) is 18.2 Å². The van der Waals surface area contributed by atoms with Crippen molar-refractivity contribution in [3.8, 4) is 0 Å². The first-order valence-corrected chi connectivity index (χ1v) is 6.39. The number of urea groups is 1. The molecule has 0 bridgehead atoms. The lowest BCUT2D eigenvalue weighted by molar-refractivity contribution is -0.123. The van der Waals surface area contributed by atoms with Gasteiger partial charge >= 0.3 is 12.0 Å². The maximum Gasteiger partial charge on any atom is 0.338 e. The molecule has 0 atom stereocenters. The summed E-state index contributed by atoms with van der Waals surface area (Å²) < 4.78 is 4.73. The molecule has 0 saturated heterocycles. The highest BCUT2D eigenvalue weighted by Gasteiger charge is 2.13. The fraction of sp³-hybridized carbons (Fsp3) is 0.250. The average molecular weight is 319 g/mol. The predicted molar refractivity (Wildman–Crippen MR) is 74.0 cm³/mol. The summed E-state index contributed by atoms with van der Waals surface area (Å²) in [4.78, 5) is 33.9. The molecule has 0 saturated carbocycles. The number of amides is 3. The molecule has 8 heteroatoms. The van der Waals surface area contributed by atoms with Gasteiger partial charge in [0.15, 0.2) is 6.61 Å². The predicted octanol–water partition coefficient (Wildman–Crippen LogP) is 2.00. The topological polar surface area (TPSA) is 84.5 Å². The zero-order valence-electron chi connectivity index (χ0n) is 10.5. The smallest absolute Gasteiger partial charge is 0.338 e. The van der Waals surface area contributed by atoms with E-state index in [-0.39, 0.29) is 10.6 Å². The molecule has 1 aromatic rings. The maximum atomic E-state index is 11.6. The average Bonchev–Trinajstić information content (AvgIpc) is 2.39. The summed E-state index contributed by atoms with van der Waals surface area (Å²) in [5.41, 5.74) is 0.158. The van der Waals surface area contributed by atoms with E-state index in [0.717, 1.165) is 0 Å².